The van der Waals surface area contributed by atoms with E-state index in [-0.39, 0.29) is 12.8 Å². The quantitative estimate of drug-likeness (QED) is 0.0216. The van der Waals surface area contributed by atoms with Gasteiger partial charge in [-0.2, -0.15) is 0 Å². The summed E-state index contributed by atoms with van der Waals surface area (Å²) in [5.41, 5.74) is 0. The van der Waals surface area contributed by atoms with Gasteiger partial charge >= 0.3 is 0 Å². The van der Waals surface area contributed by atoms with Crippen molar-refractivity contribution in [1.82, 2.24) is 5.32 Å². The Labute approximate surface area is 384 Å². The van der Waals surface area contributed by atoms with Crippen LogP contribution in [0.3, 0.4) is 0 Å². The molecule has 1 heterocycles. The summed E-state index contributed by atoms with van der Waals surface area (Å²) in [6.45, 7) is 3.30. The molecule has 8 N–H and O–H groups in total. The van der Waals surface area contributed by atoms with Crippen molar-refractivity contribution in [3.05, 3.63) is 24.3 Å². The van der Waals surface area contributed by atoms with Crippen molar-refractivity contribution in [1.29, 1.82) is 0 Å². The van der Waals surface area contributed by atoms with Crippen LogP contribution in [0.5, 0.6) is 0 Å². The molecule has 0 saturated carbocycles. The van der Waals surface area contributed by atoms with Crippen molar-refractivity contribution < 1.29 is 50.0 Å². The second kappa shape index (κ2) is 42.0. The first-order valence-electron chi connectivity index (χ1n) is 26.2. The molecule has 1 aliphatic heterocycles. The zero-order valence-corrected chi connectivity index (χ0v) is 40.3. The van der Waals surface area contributed by atoms with Crippen LogP contribution in [0.1, 0.15) is 232 Å². The van der Waals surface area contributed by atoms with Crippen LogP contribution in [0.4, 0.5) is 0 Å². The second-order valence-corrected chi connectivity index (χ2v) is 18.6. The smallest absolute Gasteiger partial charge is 0.249 e. The Bertz CT molecular complexity index is 1080. The summed E-state index contributed by atoms with van der Waals surface area (Å²) in [6, 6.07) is -1.18. The van der Waals surface area contributed by atoms with Gasteiger partial charge in [-0.25, -0.2) is 0 Å². The van der Waals surface area contributed by atoms with Gasteiger partial charge in [0.1, 0.15) is 36.6 Å². The van der Waals surface area contributed by atoms with Crippen LogP contribution < -0.4 is 5.32 Å². The monoisotopic (exact) mass is 898 g/mol. The molecule has 11 heteroatoms. The SMILES string of the molecule is CCC/C=C/CCCC(O)C(O)C(COC1OC(CO)C(O)C(O)C1O)NC(=O)C(O)CCCCCCCCCCCCCCCC/C=C\CCCCCCCCCCCCCC. The highest BCUT2D eigenvalue weighted by Crippen LogP contribution is 2.23. The van der Waals surface area contributed by atoms with E-state index in [1.54, 1.807) is 0 Å². The number of amides is 1. The van der Waals surface area contributed by atoms with Gasteiger partial charge in [-0.05, 0) is 57.8 Å². The first kappa shape index (κ1) is 59.6. The minimum Gasteiger partial charge on any atom is -0.394 e. The van der Waals surface area contributed by atoms with Crippen LogP contribution in [0.25, 0.3) is 0 Å². The summed E-state index contributed by atoms with van der Waals surface area (Å²) in [5, 5.41) is 75.2. The molecule has 0 aliphatic carbocycles. The van der Waals surface area contributed by atoms with Gasteiger partial charge in [-0.15, -0.1) is 0 Å². The predicted molar refractivity (Wildman–Crippen MR) is 256 cm³/mol. The molecule has 0 radical (unpaired) electrons. The van der Waals surface area contributed by atoms with E-state index in [1.807, 2.05) is 6.08 Å². The number of carbonyl (C=O) groups is 1. The average molecular weight is 898 g/mol. The molecule has 0 aromatic carbocycles. The fourth-order valence-corrected chi connectivity index (χ4v) is 8.39. The highest BCUT2D eigenvalue weighted by atomic mass is 16.7. The number of carbonyl (C=O) groups excluding carboxylic acids is 1. The Kier molecular flexibility index (Phi) is 39.7. The first-order chi connectivity index (χ1) is 30.7. The molecular formula is C52H99NO10. The number of unbranched alkanes of at least 4 members (excludes halogenated alkanes) is 28. The van der Waals surface area contributed by atoms with Crippen LogP contribution in [0.2, 0.25) is 0 Å². The fraction of sp³-hybridized carbons (Fsp3) is 0.904. The van der Waals surface area contributed by atoms with E-state index >= 15 is 0 Å². The van der Waals surface area contributed by atoms with E-state index < -0.39 is 74.2 Å². The predicted octanol–water partition coefficient (Wildman–Crippen LogP) is 9.79. The standard InChI is InChI=1S/C52H99NO10/c1-3-5-7-9-11-12-13-14-15-16-17-18-19-20-21-22-23-24-25-26-27-28-29-30-31-32-33-34-36-38-40-45(56)51(61)53-43(47(57)44(55)39-37-35-10-8-6-4-2)42-62-52-50(60)49(59)48(58)46(41-54)63-52/h8,10,20-21,43-50,52,54-60H,3-7,9,11-19,22-42H2,1-2H3,(H,53,61)/b10-8+,21-20-. The maximum atomic E-state index is 13.0. The summed E-state index contributed by atoms with van der Waals surface area (Å²) in [5.74, 6) is -0.710. The van der Waals surface area contributed by atoms with Crippen molar-refractivity contribution in [3.8, 4) is 0 Å². The largest absolute Gasteiger partial charge is 0.394 e. The first-order valence-corrected chi connectivity index (χ1v) is 26.2. The summed E-state index contributed by atoms with van der Waals surface area (Å²) in [6.07, 6.45) is 37.5. The highest BCUT2D eigenvalue weighted by Gasteiger charge is 2.44. The Hall–Kier alpha value is -1.41. The lowest BCUT2D eigenvalue weighted by atomic mass is 9.98. The van der Waals surface area contributed by atoms with Crippen LogP contribution in [0, 0.1) is 0 Å². The summed E-state index contributed by atoms with van der Waals surface area (Å²) >= 11 is 0. The number of rotatable bonds is 44. The number of hydrogen-bond donors (Lipinski definition) is 8. The molecule has 63 heavy (non-hydrogen) atoms. The van der Waals surface area contributed by atoms with E-state index in [2.05, 4.69) is 37.4 Å². The molecule has 1 fully saturated rings. The summed E-state index contributed by atoms with van der Waals surface area (Å²) < 4.78 is 11.0. The Morgan fingerprint density at radius 1 is 0.540 bits per heavy atom. The van der Waals surface area contributed by atoms with Crippen molar-refractivity contribution in [2.75, 3.05) is 13.2 Å². The Morgan fingerprint density at radius 3 is 1.43 bits per heavy atom. The number of aliphatic hydroxyl groups excluding tert-OH is 7. The molecule has 372 valence electrons. The van der Waals surface area contributed by atoms with Gasteiger partial charge in [0.25, 0.3) is 0 Å². The van der Waals surface area contributed by atoms with Crippen molar-refractivity contribution in [2.45, 2.75) is 287 Å². The van der Waals surface area contributed by atoms with Gasteiger partial charge in [0.15, 0.2) is 6.29 Å². The molecule has 1 amide bonds. The van der Waals surface area contributed by atoms with Gasteiger partial charge in [0.2, 0.25) is 5.91 Å². The third-order valence-corrected chi connectivity index (χ3v) is 12.7. The molecule has 0 bridgehead atoms. The number of nitrogens with one attached hydrogen (secondary N) is 1. The normalized spacial score (nSPS) is 21.3. The van der Waals surface area contributed by atoms with E-state index in [9.17, 15) is 40.5 Å². The van der Waals surface area contributed by atoms with Gasteiger partial charge in [-0.1, -0.05) is 199 Å². The van der Waals surface area contributed by atoms with Gasteiger partial charge in [0.05, 0.1) is 25.4 Å². The summed E-state index contributed by atoms with van der Waals surface area (Å²) in [4.78, 5) is 13.0. The molecule has 0 aromatic rings. The molecule has 9 unspecified atom stereocenters. The van der Waals surface area contributed by atoms with Crippen molar-refractivity contribution in [2.24, 2.45) is 0 Å². The van der Waals surface area contributed by atoms with Gasteiger partial charge < -0.3 is 50.5 Å². The number of hydrogen-bond acceptors (Lipinski definition) is 10. The zero-order chi connectivity index (χ0) is 46.2. The lowest BCUT2D eigenvalue weighted by Crippen LogP contribution is -2.60. The lowest BCUT2D eigenvalue weighted by Gasteiger charge is -2.40. The third-order valence-electron chi connectivity index (χ3n) is 12.7. The lowest BCUT2D eigenvalue weighted by molar-refractivity contribution is -0.303. The maximum absolute atomic E-state index is 13.0. The van der Waals surface area contributed by atoms with Gasteiger partial charge in [0, 0.05) is 0 Å². The van der Waals surface area contributed by atoms with E-state index in [0.29, 0.717) is 12.8 Å². The van der Waals surface area contributed by atoms with E-state index in [4.69, 9.17) is 9.47 Å². The molecule has 1 aliphatic rings. The maximum Gasteiger partial charge on any atom is 0.249 e. The Morgan fingerprint density at radius 2 is 0.968 bits per heavy atom. The second-order valence-electron chi connectivity index (χ2n) is 18.6. The number of aliphatic hydroxyl groups is 7. The molecule has 9 atom stereocenters. The van der Waals surface area contributed by atoms with Crippen molar-refractivity contribution in [3.63, 3.8) is 0 Å². The minimum absolute atomic E-state index is 0.255. The molecule has 11 nitrogen and oxygen atoms in total. The molecule has 1 rings (SSSR count). The summed E-state index contributed by atoms with van der Waals surface area (Å²) in [7, 11) is 0. The average Bonchev–Trinajstić information content (AvgIpc) is 3.28. The molecule has 0 spiro atoms. The number of ether oxygens (including phenoxy) is 2. The van der Waals surface area contributed by atoms with Crippen LogP contribution in [-0.2, 0) is 14.3 Å². The zero-order valence-electron chi connectivity index (χ0n) is 40.3. The number of allylic oxidation sites excluding steroid dienone is 4. The van der Waals surface area contributed by atoms with Crippen molar-refractivity contribution >= 4 is 5.91 Å². The topological polar surface area (TPSA) is 189 Å². The molecule has 0 aromatic heterocycles. The fourth-order valence-electron chi connectivity index (χ4n) is 8.39. The van der Waals surface area contributed by atoms with Crippen LogP contribution >= 0.6 is 0 Å². The van der Waals surface area contributed by atoms with Crippen LogP contribution in [0.15, 0.2) is 24.3 Å². The molecule has 1 saturated heterocycles. The van der Waals surface area contributed by atoms with Gasteiger partial charge in [-0.3, -0.25) is 4.79 Å². The minimum atomic E-state index is -1.66. The van der Waals surface area contributed by atoms with E-state index in [0.717, 1.165) is 38.5 Å². The highest BCUT2D eigenvalue weighted by molar-refractivity contribution is 5.80. The van der Waals surface area contributed by atoms with E-state index in [1.165, 1.54) is 154 Å². The molecular weight excluding hydrogens is 799 g/mol. The Balaban J connectivity index is 2.15. The van der Waals surface area contributed by atoms with Crippen LogP contribution in [-0.4, -0.2) is 110 Å². The third kappa shape index (κ3) is 31.2.